The predicted molar refractivity (Wildman–Crippen MR) is 70.8 cm³/mol. The van der Waals surface area contributed by atoms with Gasteiger partial charge in [0, 0.05) is 24.7 Å². The number of nitro groups is 1. The minimum Gasteiger partial charge on any atom is -0.329 e. The first-order valence-corrected chi connectivity index (χ1v) is 6.03. The molecule has 0 aliphatic heterocycles. The molecule has 0 spiro atoms. The SMILES string of the molecule is CC(C)(CN)NCc1cccc([N+](=O)[O-])c1Br. The van der Waals surface area contributed by atoms with E-state index in [2.05, 4.69) is 21.2 Å². The van der Waals surface area contributed by atoms with Crippen LogP contribution in [-0.2, 0) is 6.54 Å². The van der Waals surface area contributed by atoms with Crippen LogP contribution in [0.5, 0.6) is 0 Å². The van der Waals surface area contributed by atoms with Gasteiger partial charge in [0.1, 0.15) is 0 Å². The molecule has 0 aromatic heterocycles. The van der Waals surface area contributed by atoms with Crippen molar-refractivity contribution in [2.45, 2.75) is 25.9 Å². The standard InChI is InChI=1S/C11H16BrN3O2/c1-11(2,7-13)14-6-8-4-3-5-9(10(8)12)15(16)17/h3-5,14H,6-7,13H2,1-2H3. The van der Waals surface area contributed by atoms with E-state index < -0.39 is 4.92 Å². The maximum atomic E-state index is 10.8. The number of hydrogen-bond donors (Lipinski definition) is 2. The van der Waals surface area contributed by atoms with Gasteiger partial charge in [-0.2, -0.15) is 0 Å². The average molecular weight is 302 g/mol. The molecule has 6 heteroatoms. The summed E-state index contributed by atoms with van der Waals surface area (Å²) in [5.74, 6) is 0. The molecule has 1 aromatic rings. The van der Waals surface area contributed by atoms with Gasteiger partial charge < -0.3 is 11.1 Å². The molecule has 0 fully saturated rings. The Morgan fingerprint density at radius 3 is 2.71 bits per heavy atom. The van der Waals surface area contributed by atoms with Crippen molar-refractivity contribution in [2.24, 2.45) is 5.73 Å². The highest BCUT2D eigenvalue weighted by molar-refractivity contribution is 9.10. The fourth-order valence-electron chi connectivity index (χ4n) is 1.25. The predicted octanol–water partition coefficient (Wildman–Crippen LogP) is 2.18. The number of benzene rings is 1. The summed E-state index contributed by atoms with van der Waals surface area (Å²) < 4.78 is 0.519. The van der Waals surface area contributed by atoms with Crippen LogP contribution in [-0.4, -0.2) is 17.0 Å². The number of rotatable bonds is 5. The Hall–Kier alpha value is -0.980. The van der Waals surface area contributed by atoms with Crippen molar-refractivity contribution in [2.75, 3.05) is 6.54 Å². The summed E-state index contributed by atoms with van der Waals surface area (Å²) in [6.07, 6.45) is 0. The maximum Gasteiger partial charge on any atom is 0.283 e. The molecule has 0 aliphatic rings. The molecular formula is C11H16BrN3O2. The quantitative estimate of drug-likeness (QED) is 0.645. The topological polar surface area (TPSA) is 81.2 Å². The number of halogens is 1. The minimum atomic E-state index is -0.401. The Morgan fingerprint density at radius 1 is 1.53 bits per heavy atom. The summed E-state index contributed by atoms with van der Waals surface area (Å²) in [7, 11) is 0. The van der Waals surface area contributed by atoms with Crippen LogP contribution in [0.2, 0.25) is 0 Å². The summed E-state index contributed by atoms with van der Waals surface area (Å²) in [6, 6.07) is 4.99. The summed E-state index contributed by atoms with van der Waals surface area (Å²) in [4.78, 5) is 10.4. The van der Waals surface area contributed by atoms with E-state index in [1.807, 2.05) is 19.9 Å². The molecule has 0 unspecified atom stereocenters. The van der Waals surface area contributed by atoms with Crippen molar-refractivity contribution in [1.82, 2.24) is 5.32 Å². The molecule has 1 rings (SSSR count). The third-order valence-electron chi connectivity index (χ3n) is 2.52. The van der Waals surface area contributed by atoms with Crippen molar-refractivity contribution in [3.63, 3.8) is 0 Å². The van der Waals surface area contributed by atoms with Crippen LogP contribution in [0.15, 0.2) is 22.7 Å². The second kappa shape index (κ2) is 5.57. The summed E-state index contributed by atoms with van der Waals surface area (Å²) >= 11 is 3.26. The zero-order valence-electron chi connectivity index (χ0n) is 9.87. The van der Waals surface area contributed by atoms with E-state index in [0.29, 0.717) is 17.6 Å². The van der Waals surface area contributed by atoms with Crippen molar-refractivity contribution in [3.8, 4) is 0 Å². The number of hydrogen-bond acceptors (Lipinski definition) is 4. The van der Waals surface area contributed by atoms with Gasteiger partial charge in [0.05, 0.1) is 9.40 Å². The lowest BCUT2D eigenvalue weighted by atomic mass is 10.1. The van der Waals surface area contributed by atoms with E-state index in [9.17, 15) is 10.1 Å². The molecular weight excluding hydrogens is 286 g/mol. The van der Waals surface area contributed by atoms with Gasteiger partial charge in [0.2, 0.25) is 0 Å². The van der Waals surface area contributed by atoms with Gasteiger partial charge in [0.25, 0.3) is 5.69 Å². The fourth-order valence-corrected chi connectivity index (χ4v) is 1.80. The summed E-state index contributed by atoms with van der Waals surface area (Å²) in [5.41, 5.74) is 6.34. The molecule has 5 nitrogen and oxygen atoms in total. The molecule has 0 bridgehead atoms. The highest BCUT2D eigenvalue weighted by Crippen LogP contribution is 2.28. The Morgan fingerprint density at radius 2 is 2.18 bits per heavy atom. The van der Waals surface area contributed by atoms with Crippen molar-refractivity contribution in [3.05, 3.63) is 38.3 Å². The second-order valence-electron chi connectivity index (χ2n) is 4.45. The minimum absolute atomic E-state index is 0.0786. The first kappa shape index (κ1) is 14.1. The highest BCUT2D eigenvalue weighted by atomic mass is 79.9. The number of nitrogens with one attached hydrogen (secondary N) is 1. The lowest BCUT2D eigenvalue weighted by Crippen LogP contribution is -2.45. The first-order chi connectivity index (χ1) is 7.87. The van der Waals surface area contributed by atoms with Crippen LogP contribution in [0.25, 0.3) is 0 Å². The third kappa shape index (κ3) is 3.76. The van der Waals surface area contributed by atoms with Crippen LogP contribution >= 0.6 is 15.9 Å². The van der Waals surface area contributed by atoms with E-state index in [1.54, 1.807) is 6.07 Å². The van der Waals surface area contributed by atoms with Gasteiger partial charge in [-0.25, -0.2) is 0 Å². The normalized spacial score (nSPS) is 11.5. The van der Waals surface area contributed by atoms with Gasteiger partial charge in [0.15, 0.2) is 0 Å². The Balaban J connectivity index is 2.86. The van der Waals surface area contributed by atoms with Gasteiger partial charge in [-0.15, -0.1) is 0 Å². The lowest BCUT2D eigenvalue weighted by molar-refractivity contribution is -0.385. The van der Waals surface area contributed by atoms with Gasteiger partial charge >= 0.3 is 0 Å². The number of nitro benzene ring substituents is 1. The lowest BCUT2D eigenvalue weighted by Gasteiger charge is -2.24. The zero-order valence-corrected chi connectivity index (χ0v) is 11.5. The Bertz CT molecular complexity index is 421. The second-order valence-corrected chi connectivity index (χ2v) is 5.24. The molecule has 0 atom stereocenters. The molecule has 17 heavy (non-hydrogen) atoms. The van der Waals surface area contributed by atoms with Crippen LogP contribution in [0.3, 0.4) is 0 Å². The van der Waals surface area contributed by atoms with Gasteiger partial charge in [-0.05, 0) is 35.3 Å². The summed E-state index contributed by atoms with van der Waals surface area (Å²) in [6.45, 7) is 5.00. The molecule has 0 heterocycles. The molecule has 3 N–H and O–H groups in total. The van der Waals surface area contributed by atoms with Crippen LogP contribution < -0.4 is 11.1 Å². The molecule has 94 valence electrons. The largest absolute Gasteiger partial charge is 0.329 e. The van der Waals surface area contributed by atoms with Gasteiger partial charge in [-0.1, -0.05) is 12.1 Å². The summed E-state index contributed by atoms with van der Waals surface area (Å²) in [5, 5.41) is 14.0. The molecule has 0 radical (unpaired) electrons. The first-order valence-electron chi connectivity index (χ1n) is 5.24. The smallest absolute Gasteiger partial charge is 0.283 e. The average Bonchev–Trinajstić information content (AvgIpc) is 2.27. The van der Waals surface area contributed by atoms with E-state index in [4.69, 9.17) is 5.73 Å². The maximum absolute atomic E-state index is 10.8. The molecule has 0 saturated heterocycles. The molecule has 0 aliphatic carbocycles. The monoisotopic (exact) mass is 301 g/mol. The van der Waals surface area contributed by atoms with E-state index in [-0.39, 0.29) is 11.2 Å². The van der Waals surface area contributed by atoms with Crippen molar-refractivity contribution < 1.29 is 4.92 Å². The van der Waals surface area contributed by atoms with E-state index in [1.165, 1.54) is 6.07 Å². The van der Waals surface area contributed by atoms with Gasteiger partial charge in [-0.3, -0.25) is 10.1 Å². The molecule has 0 saturated carbocycles. The third-order valence-corrected chi connectivity index (χ3v) is 3.44. The van der Waals surface area contributed by atoms with Crippen molar-refractivity contribution in [1.29, 1.82) is 0 Å². The van der Waals surface area contributed by atoms with E-state index >= 15 is 0 Å². The van der Waals surface area contributed by atoms with Crippen molar-refractivity contribution >= 4 is 21.6 Å². The Kier molecular flexibility index (Phi) is 4.62. The number of nitrogens with zero attached hydrogens (tertiary/aromatic N) is 1. The van der Waals surface area contributed by atoms with E-state index in [0.717, 1.165) is 5.56 Å². The Labute approximate surface area is 109 Å². The van der Waals surface area contributed by atoms with Crippen LogP contribution in [0.1, 0.15) is 19.4 Å². The number of nitrogens with two attached hydrogens (primary N) is 1. The molecule has 0 amide bonds. The van der Waals surface area contributed by atoms with Crippen LogP contribution in [0.4, 0.5) is 5.69 Å². The van der Waals surface area contributed by atoms with Crippen LogP contribution in [0, 0.1) is 10.1 Å². The highest BCUT2D eigenvalue weighted by Gasteiger charge is 2.18. The zero-order chi connectivity index (χ0) is 13.1. The fraction of sp³-hybridized carbons (Fsp3) is 0.455. The molecule has 1 aromatic carbocycles.